The molecule has 0 radical (unpaired) electrons. The molecule has 0 unspecified atom stereocenters. The van der Waals surface area contributed by atoms with Gasteiger partial charge < -0.3 is 9.16 Å². The van der Waals surface area contributed by atoms with Crippen molar-refractivity contribution < 1.29 is 14.0 Å². The fourth-order valence-electron chi connectivity index (χ4n) is 0.197. The largest absolute Gasteiger partial charge is 0.523 e. The number of carbonyl (C=O) groups excluding carboxylic acids is 1. The minimum Gasteiger partial charge on any atom is -0.523 e. The Morgan fingerprint density at radius 1 is 1.75 bits per heavy atom. The highest BCUT2D eigenvalue weighted by Gasteiger charge is 2.02. The molecule has 0 saturated heterocycles. The van der Waals surface area contributed by atoms with Gasteiger partial charge in [-0.25, -0.2) is 4.79 Å². The maximum atomic E-state index is 10.3. The molecule has 0 spiro atoms. The molecule has 0 aromatic carbocycles. The molecule has 46 valence electrons. The molecule has 0 aliphatic rings. The zero-order chi connectivity index (χ0) is 6.57. The maximum absolute atomic E-state index is 10.3. The zero-order valence-corrected chi connectivity index (χ0v) is 6.93. The van der Waals surface area contributed by atoms with Crippen molar-refractivity contribution in [1.82, 2.24) is 0 Å². The summed E-state index contributed by atoms with van der Waals surface area (Å²) in [5.41, 5.74) is 0. The third-order valence-corrected chi connectivity index (χ3v) is 1.03. The average Bonchev–Trinajstić information content (AvgIpc) is 1.84. The van der Waals surface area contributed by atoms with Gasteiger partial charge in [0.1, 0.15) is 0 Å². The summed E-state index contributed by atoms with van der Waals surface area (Å²) in [5.74, 6) is -0.417. The van der Waals surface area contributed by atoms with Crippen LogP contribution < -0.4 is 0 Å². The van der Waals surface area contributed by atoms with Crippen molar-refractivity contribution in [2.45, 2.75) is 0 Å². The Hall–Kier alpha value is -0.773. The molecule has 0 heterocycles. The molecule has 0 aliphatic carbocycles. The first-order valence-electron chi connectivity index (χ1n) is 2.03. The first-order chi connectivity index (χ1) is 3.72. The molecule has 8 heavy (non-hydrogen) atoms. The van der Waals surface area contributed by atoms with E-state index in [1.54, 1.807) is 0 Å². The van der Waals surface area contributed by atoms with Gasteiger partial charge in [0.05, 0.1) is 7.11 Å². The lowest BCUT2D eigenvalue weighted by atomic mass is 10.6. The summed E-state index contributed by atoms with van der Waals surface area (Å²) in [6, 6.07) is 0. The van der Waals surface area contributed by atoms with E-state index in [1.807, 2.05) is 0 Å². The van der Waals surface area contributed by atoms with Gasteiger partial charge >= 0.3 is 5.97 Å². The van der Waals surface area contributed by atoms with Gasteiger partial charge in [-0.05, 0) is 6.58 Å². The Kier molecular flexibility index (Phi) is 2.94. The summed E-state index contributed by atoms with van der Waals surface area (Å²) >= 11 is 0. The highest BCUT2D eigenvalue weighted by atomic mass is 28.2. The lowest BCUT2D eigenvalue weighted by Gasteiger charge is -1.99. The molecule has 0 bridgehead atoms. The second kappa shape index (κ2) is 3.26. The molecule has 0 aliphatic heterocycles. The van der Waals surface area contributed by atoms with E-state index in [0.717, 1.165) is 0 Å². The Morgan fingerprint density at radius 2 is 2.25 bits per heavy atom. The summed E-state index contributed by atoms with van der Waals surface area (Å²) in [5, 5.41) is 0. The van der Waals surface area contributed by atoms with Crippen LogP contribution in [-0.4, -0.2) is 23.6 Å². The predicted molar refractivity (Wildman–Crippen MR) is 32.2 cm³/mol. The quantitative estimate of drug-likeness (QED) is 0.274. The summed E-state index contributed by atoms with van der Waals surface area (Å²) < 4.78 is 8.83. The SMILES string of the molecule is C=C(OC)C(=O)O[SiH3]. The molecule has 0 atom stereocenters. The van der Waals surface area contributed by atoms with Crippen molar-refractivity contribution >= 4 is 16.5 Å². The Balaban J connectivity index is 3.64. The van der Waals surface area contributed by atoms with Crippen LogP contribution in [0.3, 0.4) is 0 Å². The molecular weight excluding hydrogens is 124 g/mol. The summed E-state index contributed by atoms with van der Waals surface area (Å²) in [6.07, 6.45) is 0. The predicted octanol–water partition coefficient (Wildman–Crippen LogP) is -1.03. The maximum Gasteiger partial charge on any atom is 0.358 e. The van der Waals surface area contributed by atoms with Crippen LogP contribution in [0.15, 0.2) is 12.3 Å². The topological polar surface area (TPSA) is 35.5 Å². The Labute approximate surface area is 50.8 Å². The first-order valence-corrected chi connectivity index (χ1v) is 2.85. The average molecular weight is 132 g/mol. The number of hydrogen-bond acceptors (Lipinski definition) is 3. The minimum atomic E-state index is -0.473. The minimum absolute atomic E-state index is 0.0556. The molecule has 0 aromatic heterocycles. The molecular formula is C4H8O3Si. The van der Waals surface area contributed by atoms with Crippen molar-refractivity contribution in [3.63, 3.8) is 0 Å². The fraction of sp³-hybridized carbons (Fsp3) is 0.250. The molecule has 0 fully saturated rings. The molecule has 0 amide bonds. The van der Waals surface area contributed by atoms with Gasteiger partial charge in [-0.1, -0.05) is 0 Å². The second-order valence-corrected chi connectivity index (χ2v) is 1.53. The molecule has 0 saturated carbocycles. The van der Waals surface area contributed by atoms with E-state index in [0.29, 0.717) is 10.5 Å². The number of methoxy groups -OCH3 is 1. The van der Waals surface area contributed by atoms with Gasteiger partial charge in [0, 0.05) is 0 Å². The molecule has 0 rings (SSSR count). The highest BCUT2D eigenvalue weighted by molar-refractivity contribution is 6.08. The zero-order valence-electron chi connectivity index (χ0n) is 4.93. The van der Waals surface area contributed by atoms with Crippen molar-refractivity contribution in [3.05, 3.63) is 12.3 Å². The summed E-state index contributed by atoms with van der Waals surface area (Å²) in [7, 11) is 1.76. The van der Waals surface area contributed by atoms with E-state index in [4.69, 9.17) is 0 Å². The van der Waals surface area contributed by atoms with E-state index in [2.05, 4.69) is 15.7 Å². The standard InChI is InChI=1S/C4H8O3Si/c1-3(6-2)4(5)7-8/h1H2,2,8H3. The monoisotopic (exact) mass is 132 g/mol. The molecule has 4 heteroatoms. The van der Waals surface area contributed by atoms with Crippen LogP contribution in [0.2, 0.25) is 0 Å². The Bertz CT molecular complexity index is 95.9. The summed E-state index contributed by atoms with van der Waals surface area (Å²) in [4.78, 5) is 10.3. The van der Waals surface area contributed by atoms with Crippen molar-refractivity contribution in [2.24, 2.45) is 0 Å². The van der Waals surface area contributed by atoms with Gasteiger partial charge in [0.25, 0.3) is 0 Å². The molecule has 3 nitrogen and oxygen atoms in total. The smallest absolute Gasteiger partial charge is 0.358 e. The van der Waals surface area contributed by atoms with E-state index in [-0.39, 0.29) is 5.76 Å². The van der Waals surface area contributed by atoms with E-state index in [1.165, 1.54) is 7.11 Å². The van der Waals surface area contributed by atoms with Crippen molar-refractivity contribution in [2.75, 3.05) is 7.11 Å². The fourth-order valence-corrected chi connectivity index (χ4v) is 0.425. The van der Waals surface area contributed by atoms with Crippen LogP contribution in [0.5, 0.6) is 0 Å². The van der Waals surface area contributed by atoms with Gasteiger partial charge in [-0.15, -0.1) is 0 Å². The second-order valence-electron chi connectivity index (χ2n) is 1.12. The van der Waals surface area contributed by atoms with Gasteiger partial charge in [0.2, 0.25) is 10.5 Å². The number of ether oxygens (including phenoxy) is 1. The summed E-state index contributed by atoms with van der Waals surface area (Å²) in [6.45, 7) is 3.27. The first kappa shape index (κ1) is 7.23. The van der Waals surface area contributed by atoms with Crippen LogP contribution >= 0.6 is 0 Å². The van der Waals surface area contributed by atoms with Gasteiger partial charge in [0.15, 0.2) is 5.76 Å². The molecule has 0 N–H and O–H groups in total. The third kappa shape index (κ3) is 1.79. The third-order valence-electron chi connectivity index (χ3n) is 0.659. The van der Waals surface area contributed by atoms with Crippen molar-refractivity contribution in [1.29, 1.82) is 0 Å². The van der Waals surface area contributed by atoms with Crippen LogP contribution in [0, 0.1) is 0 Å². The number of hydrogen-bond donors (Lipinski definition) is 0. The van der Waals surface area contributed by atoms with Crippen LogP contribution in [0.25, 0.3) is 0 Å². The van der Waals surface area contributed by atoms with Gasteiger partial charge in [-0.2, -0.15) is 0 Å². The van der Waals surface area contributed by atoms with Crippen LogP contribution in [0.4, 0.5) is 0 Å². The van der Waals surface area contributed by atoms with Crippen LogP contribution in [0.1, 0.15) is 0 Å². The van der Waals surface area contributed by atoms with E-state index in [9.17, 15) is 4.79 Å². The number of rotatable bonds is 2. The van der Waals surface area contributed by atoms with Gasteiger partial charge in [-0.3, -0.25) is 0 Å². The lowest BCUT2D eigenvalue weighted by Crippen LogP contribution is -2.05. The van der Waals surface area contributed by atoms with Crippen molar-refractivity contribution in [3.8, 4) is 0 Å². The van der Waals surface area contributed by atoms with Crippen LogP contribution in [-0.2, 0) is 14.0 Å². The van der Waals surface area contributed by atoms with E-state index < -0.39 is 5.97 Å². The van der Waals surface area contributed by atoms with E-state index >= 15 is 0 Å². The highest BCUT2D eigenvalue weighted by Crippen LogP contribution is 1.90. The normalized spacial score (nSPS) is 8.12. The number of carbonyl (C=O) groups is 1. The molecule has 0 aromatic rings. The lowest BCUT2D eigenvalue weighted by molar-refractivity contribution is -0.133. The Morgan fingerprint density at radius 3 is 2.38 bits per heavy atom.